The van der Waals surface area contributed by atoms with Crippen molar-refractivity contribution in [3.05, 3.63) is 34.3 Å². The van der Waals surface area contributed by atoms with Gasteiger partial charge in [0, 0.05) is 16.9 Å². The second kappa shape index (κ2) is 6.44. The van der Waals surface area contributed by atoms with Gasteiger partial charge in [-0.25, -0.2) is 0 Å². The average Bonchev–Trinajstić information content (AvgIpc) is 2.15. The van der Waals surface area contributed by atoms with Crippen molar-refractivity contribution in [2.24, 2.45) is 0 Å². The van der Waals surface area contributed by atoms with E-state index in [9.17, 15) is 0 Å². The molecule has 0 amide bonds. The maximum atomic E-state index is 6.09. The number of nitrogens with one attached hydrogen (secondary N) is 1. The Kier molecular flexibility index (Phi) is 5.53. The summed E-state index contributed by atoms with van der Waals surface area (Å²) in [7, 11) is 0. The molecule has 0 heterocycles. The van der Waals surface area contributed by atoms with Crippen LogP contribution in [-0.4, -0.2) is 11.9 Å². The summed E-state index contributed by atoms with van der Waals surface area (Å²) in [5.41, 5.74) is 2.38. The molecule has 0 radical (unpaired) electrons. The molecule has 0 saturated heterocycles. The first-order valence-electron chi connectivity index (χ1n) is 4.75. The first kappa shape index (κ1) is 12.0. The lowest BCUT2D eigenvalue weighted by Crippen LogP contribution is -2.15. The van der Waals surface area contributed by atoms with Crippen LogP contribution in [0.1, 0.15) is 17.5 Å². The van der Waals surface area contributed by atoms with Crippen molar-refractivity contribution in [2.45, 2.75) is 19.9 Å². The molecule has 0 aromatic heterocycles. The number of rotatable bonds is 5. The Morgan fingerprint density at radius 3 is 2.86 bits per heavy atom. The fourth-order valence-electron chi connectivity index (χ4n) is 1.21. The van der Waals surface area contributed by atoms with Crippen molar-refractivity contribution in [1.82, 2.24) is 5.32 Å². The highest BCUT2D eigenvalue weighted by Gasteiger charge is 1.99. The normalized spacial score (nSPS) is 10.5. The fraction of sp³-hybridized carbons (Fsp3) is 0.455. The number of aryl methyl sites for hydroxylation is 1. The molecule has 0 unspecified atom stereocenters. The second-order valence-corrected chi connectivity index (χ2v) is 4.51. The largest absolute Gasteiger partial charge is 0.313 e. The van der Waals surface area contributed by atoms with Gasteiger partial charge in [-0.2, -0.15) is 0 Å². The zero-order chi connectivity index (χ0) is 10.4. The summed E-state index contributed by atoms with van der Waals surface area (Å²) in [6.07, 6.45) is 1.14. The minimum Gasteiger partial charge on any atom is -0.313 e. The van der Waals surface area contributed by atoms with Crippen molar-refractivity contribution in [1.29, 1.82) is 0 Å². The molecule has 1 N–H and O–H groups in total. The summed E-state index contributed by atoms with van der Waals surface area (Å²) in [6.45, 7) is 3.93. The number of benzene rings is 1. The zero-order valence-electron chi connectivity index (χ0n) is 8.32. The van der Waals surface area contributed by atoms with E-state index in [1.807, 2.05) is 13.0 Å². The summed E-state index contributed by atoms with van der Waals surface area (Å²) in [6, 6.07) is 6.18. The van der Waals surface area contributed by atoms with E-state index in [4.69, 9.17) is 11.6 Å². The van der Waals surface area contributed by atoms with Crippen LogP contribution in [-0.2, 0) is 6.54 Å². The lowest BCUT2D eigenvalue weighted by atomic mass is 10.1. The quantitative estimate of drug-likeness (QED) is 0.641. The van der Waals surface area contributed by atoms with Gasteiger partial charge in [0.05, 0.1) is 0 Å². The average molecular weight is 277 g/mol. The molecule has 0 aliphatic heterocycles. The maximum absolute atomic E-state index is 6.09. The molecule has 0 saturated carbocycles. The van der Waals surface area contributed by atoms with E-state index in [1.165, 1.54) is 11.1 Å². The molecule has 0 bridgehead atoms. The second-order valence-electron chi connectivity index (χ2n) is 3.31. The van der Waals surface area contributed by atoms with Crippen LogP contribution in [0, 0.1) is 6.92 Å². The van der Waals surface area contributed by atoms with Gasteiger partial charge in [-0.3, -0.25) is 0 Å². The van der Waals surface area contributed by atoms with Crippen LogP contribution in [0.2, 0.25) is 5.02 Å². The molecule has 1 aromatic carbocycles. The van der Waals surface area contributed by atoms with Gasteiger partial charge in [0.25, 0.3) is 0 Å². The number of hydrogen-bond acceptors (Lipinski definition) is 1. The third-order valence-electron chi connectivity index (χ3n) is 2.01. The van der Waals surface area contributed by atoms with Gasteiger partial charge in [0.15, 0.2) is 0 Å². The van der Waals surface area contributed by atoms with E-state index in [0.29, 0.717) is 0 Å². The summed E-state index contributed by atoms with van der Waals surface area (Å²) < 4.78 is 0. The number of halogens is 2. The van der Waals surface area contributed by atoms with Gasteiger partial charge in [-0.15, -0.1) is 0 Å². The van der Waals surface area contributed by atoms with E-state index < -0.39 is 0 Å². The molecule has 1 nitrogen and oxygen atoms in total. The van der Waals surface area contributed by atoms with E-state index in [2.05, 4.69) is 33.4 Å². The fourth-order valence-corrected chi connectivity index (χ4v) is 1.79. The highest BCUT2D eigenvalue weighted by molar-refractivity contribution is 9.09. The third-order valence-corrected chi connectivity index (χ3v) is 2.92. The maximum Gasteiger partial charge on any atom is 0.0453 e. The van der Waals surface area contributed by atoms with Gasteiger partial charge >= 0.3 is 0 Å². The molecule has 0 aliphatic carbocycles. The highest BCUT2D eigenvalue weighted by atomic mass is 79.9. The SMILES string of the molecule is Cc1ccc(CNCCCBr)c(Cl)c1. The Bertz CT molecular complexity index is 289. The highest BCUT2D eigenvalue weighted by Crippen LogP contribution is 2.17. The molecule has 1 rings (SSSR count). The summed E-state index contributed by atoms with van der Waals surface area (Å²) >= 11 is 9.49. The molecular formula is C11H15BrClN. The Morgan fingerprint density at radius 1 is 1.43 bits per heavy atom. The predicted molar refractivity (Wildman–Crippen MR) is 66.3 cm³/mol. The van der Waals surface area contributed by atoms with Crippen LogP contribution in [0.15, 0.2) is 18.2 Å². The minimum absolute atomic E-state index is 0.853. The van der Waals surface area contributed by atoms with Crippen molar-refractivity contribution in [3.63, 3.8) is 0 Å². The molecular weight excluding hydrogens is 261 g/mol. The minimum atomic E-state index is 0.853. The van der Waals surface area contributed by atoms with Crippen LogP contribution < -0.4 is 5.32 Å². The van der Waals surface area contributed by atoms with Gasteiger partial charge < -0.3 is 5.32 Å². The Balaban J connectivity index is 2.42. The smallest absolute Gasteiger partial charge is 0.0453 e. The Morgan fingerprint density at radius 2 is 2.21 bits per heavy atom. The van der Waals surface area contributed by atoms with Gasteiger partial charge in [0.2, 0.25) is 0 Å². The summed E-state index contributed by atoms with van der Waals surface area (Å²) in [5, 5.41) is 5.25. The van der Waals surface area contributed by atoms with Crippen LogP contribution >= 0.6 is 27.5 Å². The molecule has 0 atom stereocenters. The first-order valence-corrected chi connectivity index (χ1v) is 6.25. The lowest BCUT2D eigenvalue weighted by molar-refractivity contribution is 0.680. The van der Waals surface area contributed by atoms with Crippen molar-refractivity contribution in [3.8, 4) is 0 Å². The monoisotopic (exact) mass is 275 g/mol. The molecule has 1 aromatic rings. The standard InChI is InChI=1S/C11H15BrClN/c1-9-3-4-10(11(13)7-9)8-14-6-2-5-12/h3-4,7,14H,2,5-6,8H2,1H3. The molecule has 0 aliphatic rings. The lowest BCUT2D eigenvalue weighted by Gasteiger charge is -2.06. The topological polar surface area (TPSA) is 12.0 Å². The predicted octanol–water partition coefficient (Wildman–Crippen LogP) is 3.52. The zero-order valence-corrected chi connectivity index (χ0v) is 10.7. The first-order chi connectivity index (χ1) is 6.74. The molecule has 14 heavy (non-hydrogen) atoms. The molecule has 78 valence electrons. The van der Waals surface area contributed by atoms with Gasteiger partial charge in [0.1, 0.15) is 0 Å². The van der Waals surface area contributed by atoms with Gasteiger partial charge in [-0.05, 0) is 37.1 Å². The van der Waals surface area contributed by atoms with Crippen molar-refractivity contribution >= 4 is 27.5 Å². The van der Waals surface area contributed by atoms with E-state index in [0.717, 1.165) is 29.9 Å². The van der Waals surface area contributed by atoms with E-state index in [-0.39, 0.29) is 0 Å². The Hall–Kier alpha value is -0.0500. The Labute approximate surface area is 99.0 Å². The van der Waals surface area contributed by atoms with Gasteiger partial charge in [-0.1, -0.05) is 39.7 Å². The van der Waals surface area contributed by atoms with Crippen LogP contribution in [0.25, 0.3) is 0 Å². The van der Waals surface area contributed by atoms with E-state index in [1.54, 1.807) is 0 Å². The van der Waals surface area contributed by atoms with Crippen molar-refractivity contribution < 1.29 is 0 Å². The van der Waals surface area contributed by atoms with Crippen molar-refractivity contribution in [2.75, 3.05) is 11.9 Å². The van der Waals surface area contributed by atoms with Crippen LogP contribution in [0.4, 0.5) is 0 Å². The molecule has 0 spiro atoms. The number of alkyl halides is 1. The van der Waals surface area contributed by atoms with Crippen LogP contribution in [0.3, 0.4) is 0 Å². The van der Waals surface area contributed by atoms with Crippen LogP contribution in [0.5, 0.6) is 0 Å². The van der Waals surface area contributed by atoms with E-state index >= 15 is 0 Å². The molecule has 3 heteroatoms. The number of hydrogen-bond donors (Lipinski definition) is 1. The molecule has 0 fully saturated rings. The third kappa shape index (κ3) is 3.99. The summed E-state index contributed by atoms with van der Waals surface area (Å²) in [5.74, 6) is 0. The summed E-state index contributed by atoms with van der Waals surface area (Å²) in [4.78, 5) is 0.